The fraction of sp³-hybridized carbons (Fsp3) is 0.594. The lowest BCUT2D eigenvalue weighted by Crippen LogP contribution is -2.51. The molecular weight excluding hydrogens is 520 g/mol. The second-order valence-corrected chi connectivity index (χ2v) is 10.7. The molecule has 0 fully saturated rings. The molecule has 0 saturated heterocycles. The molecule has 0 spiro atoms. The van der Waals surface area contributed by atoms with Crippen LogP contribution in [0.2, 0.25) is 0 Å². The summed E-state index contributed by atoms with van der Waals surface area (Å²) in [6.07, 6.45) is 13.1. The summed E-state index contributed by atoms with van der Waals surface area (Å²) < 4.78 is 0. The number of carboxylic acid groups (broad SMARTS) is 1. The van der Waals surface area contributed by atoms with Crippen LogP contribution in [0.15, 0.2) is 36.4 Å². The molecule has 0 bridgehead atoms. The number of carboxylic acids is 1. The Balaban J connectivity index is 1.98. The van der Waals surface area contributed by atoms with Gasteiger partial charge in [0.1, 0.15) is 11.7 Å². The lowest BCUT2D eigenvalue weighted by Gasteiger charge is -2.27. The average Bonchev–Trinajstić information content (AvgIpc) is 2.97. The molecule has 3 N–H and O–H groups in total. The van der Waals surface area contributed by atoms with Crippen molar-refractivity contribution in [3.8, 4) is 0 Å². The van der Waals surface area contributed by atoms with Gasteiger partial charge in [0.15, 0.2) is 0 Å². The molecule has 0 aliphatic rings. The number of nitrogens with one attached hydrogen (secondary N) is 2. The quantitative estimate of drug-likeness (QED) is 0.171. The molecule has 0 radical (unpaired) electrons. The monoisotopic (exact) mass is 568 g/mol. The number of carbonyl (C=O) groups excluding carboxylic acids is 3. The molecule has 0 unspecified atom stereocenters. The van der Waals surface area contributed by atoms with Crippen molar-refractivity contribution in [3.05, 3.63) is 42.1 Å². The Morgan fingerprint density at radius 1 is 0.854 bits per heavy atom. The third-order valence-corrected chi connectivity index (χ3v) is 7.27. The number of hydrogen-bond donors (Lipinski definition) is 3. The Hall–Kier alpha value is -3.49. The first kappa shape index (κ1) is 33.7. The third kappa shape index (κ3) is 13.1. The molecule has 2 aromatic rings. The van der Waals surface area contributed by atoms with E-state index in [1.54, 1.807) is 18.2 Å². The van der Waals surface area contributed by atoms with Crippen molar-refractivity contribution < 1.29 is 24.3 Å². The zero-order chi connectivity index (χ0) is 29.9. The lowest BCUT2D eigenvalue weighted by atomic mass is 10.1. The van der Waals surface area contributed by atoms with Crippen LogP contribution in [0.5, 0.6) is 0 Å². The lowest BCUT2D eigenvalue weighted by molar-refractivity contribution is -0.139. The van der Waals surface area contributed by atoms with Gasteiger partial charge < -0.3 is 20.6 Å². The summed E-state index contributed by atoms with van der Waals surface area (Å²) in [7, 11) is 1.52. The van der Waals surface area contributed by atoms with Gasteiger partial charge in [0, 0.05) is 25.4 Å². The zero-order valence-corrected chi connectivity index (χ0v) is 24.8. The number of hydrogen-bond acceptors (Lipinski definition) is 5. The highest BCUT2D eigenvalue weighted by molar-refractivity contribution is 5.98. The number of carbonyl (C=O) groups is 4. The van der Waals surface area contributed by atoms with Crippen molar-refractivity contribution in [2.24, 2.45) is 0 Å². The molecule has 9 heteroatoms. The van der Waals surface area contributed by atoms with E-state index in [0.29, 0.717) is 12.1 Å². The summed E-state index contributed by atoms with van der Waals surface area (Å²) in [5, 5.41) is 15.3. The molecule has 226 valence electrons. The normalized spacial score (nSPS) is 11.7. The van der Waals surface area contributed by atoms with Gasteiger partial charge in [-0.2, -0.15) is 0 Å². The van der Waals surface area contributed by atoms with E-state index in [9.17, 15) is 19.2 Å². The summed E-state index contributed by atoms with van der Waals surface area (Å²) in [5.41, 5.74) is 0.828. The maximum Gasteiger partial charge on any atom is 0.303 e. The Morgan fingerprint density at radius 3 is 2.12 bits per heavy atom. The fourth-order valence-corrected chi connectivity index (χ4v) is 4.85. The highest BCUT2D eigenvalue weighted by Gasteiger charge is 2.28. The van der Waals surface area contributed by atoms with E-state index in [4.69, 9.17) is 5.11 Å². The molecule has 1 atom stereocenters. The number of aromatic nitrogens is 1. The van der Waals surface area contributed by atoms with Crippen LogP contribution in [0.1, 0.15) is 107 Å². The Bertz CT molecular complexity index is 1110. The van der Waals surface area contributed by atoms with Gasteiger partial charge in [-0.25, -0.2) is 4.98 Å². The number of fused-ring (bicyclic) bond motifs is 1. The number of rotatable bonds is 21. The predicted octanol–water partition coefficient (Wildman–Crippen LogP) is 5.47. The van der Waals surface area contributed by atoms with Gasteiger partial charge in [-0.1, -0.05) is 95.4 Å². The maximum absolute atomic E-state index is 13.6. The topological polar surface area (TPSA) is 129 Å². The van der Waals surface area contributed by atoms with E-state index in [1.807, 2.05) is 18.2 Å². The standard InChI is InChI=1S/C32H48N4O5/c1-3-4-5-6-7-8-9-10-11-12-15-23-36(24-29(37)33-2)32(41)28(19-16-20-30(38)39)35-31(40)27-22-21-25-17-13-14-18-26(25)34-27/h13-14,17-18,21-22,28H,3-12,15-16,19-20,23-24H2,1-2H3,(H,33,37)(H,35,40)(H,38,39)/t28-/m0/s1. The Morgan fingerprint density at radius 2 is 1.49 bits per heavy atom. The number of unbranched alkanes of at least 4 members (excludes halogenated alkanes) is 10. The number of likely N-dealkylation sites (N-methyl/N-ethyl adjacent to an activating group) is 1. The first-order valence-electron chi connectivity index (χ1n) is 15.2. The predicted molar refractivity (Wildman–Crippen MR) is 162 cm³/mol. The van der Waals surface area contributed by atoms with E-state index in [2.05, 4.69) is 22.5 Å². The van der Waals surface area contributed by atoms with E-state index >= 15 is 0 Å². The van der Waals surface area contributed by atoms with Gasteiger partial charge >= 0.3 is 5.97 Å². The van der Waals surface area contributed by atoms with E-state index < -0.39 is 17.9 Å². The van der Waals surface area contributed by atoms with Crippen LogP contribution in [0.4, 0.5) is 0 Å². The van der Waals surface area contributed by atoms with Gasteiger partial charge in [-0.05, 0) is 31.4 Å². The fourth-order valence-electron chi connectivity index (χ4n) is 4.85. The number of pyridine rings is 1. The number of aliphatic carboxylic acids is 1. The van der Waals surface area contributed by atoms with Crippen LogP contribution in [-0.4, -0.2) is 64.9 Å². The number of benzene rings is 1. The summed E-state index contributed by atoms with van der Waals surface area (Å²) in [4.78, 5) is 56.0. The molecule has 1 heterocycles. The summed E-state index contributed by atoms with van der Waals surface area (Å²) >= 11 is 0. The summed E-state index contributed by atoms with van der Waals surface area (Å²) in [5.74, 6) is -2.17. The van der Waals surface area contributed by atoms with Crippen molar-refractivity contribution in [2.75, 3.05) is 20.1 Å². The largest absolute Gasteiger partial charge is 0.481 e. The van der Waals surface area contributed by atoms with E-state index in [-0.39, 0.29) is 43.3 Å². The first-order chi connectivity index (χ1) is 19.8. The number of nitrogens with zero attached hydrogens (tertiary/aromatic N) is 2. The van der Waals surface area contributed by atoms with Crippen LogP contribution >= 0.6 is 0 Å². The molecule has 0 saturated carbocycles. The maximum atomic E-state index is 13.6. The number of para-hydroxylation sites is 1. The van der Waals surface area contributed by atoms with Gasteiger partial charge in [0.25, 0.3) is 5.91 Å². The van der Waals surface area contributed by atoms with E-state index in [1.165, 1.54) is 56.9 Å². The van der Waals surface area contributed by atoms with Crippen molar-refractivity contribution in [3.63, 3.8) is 0 Å². The SMILES string of the molecule is CCCCCCCCCCCCCN(CC(=O)NC)C(=O)[C@H](CCCC(=O)O)NC(=O)c1ccc2ccccc2n1. The molecule has 0 aliphatic carbocycles. The van der Waals surface area contributed by atoms with Crippen molar-refractivity contribution in [1.82, 2.24) is 20.5 Å². The third-order valence-electron chi connectivity index (χ3n) is 7.27. The van der Waals surface area contributed by atoms with Crippen LogP contribution in [0.3, 0.4) is 0 Å². The molecule has 1 aromatic heterocycles. The van der Waals surface area contributed by atoms with Crippen molar-refractivity contribution in [2.45, 2.75) is 103 Å². The number of amides is 3. The minimum Gasteiger partial charge on any atom is -0.481 e. The first-order valence-corrected chi connectivity index (χ1v) is 15.2. The second kappa shape index (κ2) is 19.6. The van der Waals surface area contributed by atoms with Crippen molar-refractivity contribution >= 4 is 34.6 Å². The Labute approximate surface area is 244 Å². The minimum absolute atomic E-state index is 0.118. The van der Waals surface area contributed by atoms with Crippen LogP contribution in [-0.2, 0) is 14.4 Å². The van der Waals surface area contributed by atoms with Gasteiger partial charge in [-0.3, -0.25) is 19.2 Å². The van der Waals surface area contributed by atoms with Crippen LogP contribution in [0, 0.1) is 0 Å². The summed E-state index contributed by atoms with van der Waals surface area (Å²) in [6.45, 7) is 2.50. The van der Waals surface area contributed by atoms with E-state index in [0.717, 1.165) is 31.1 Å². The molecule has 9 nitrogen and oxygen atoms in total. The van der Waals surface area contributed by atoms with Crippen molar-refractivity contribution in [1.29, 1.82) is 0 Å². The van der Waals surface area contributed by atoms with Gasteiger partial charge in [0.05, 0.1) is 12.1 Å². The van der Waals surface area contributed by atoms with Crippen LogP contribution in [0.25, 0.3) is 10.9 Å². The molecule has 41 heavy (non-hydrogen) atoms. The molecular formula is C32H48N4O5. The van der Waals surface area contributed by atoms with Gasteiger partial charge in [-0.15, -0.1) is 0 Å². The van der Waals surface area contributed by atoms with Crippen LogP contribution < -0.4 is 10.6 Å². The average molecular weight is 569 g/mol. The molecule has 1 aromatic carbocycles. The molecule has 2 rings (SSSR count). The molecule has 0 aliphatic heterocycles. The second-order valence-electron chi connectivity index (χ2n) is 10.7. The minimum atomic E-state index is -0.970. The zero-order valence-electron chi connectivity index (χ0n) is 24.8. The van der Waals surface area contributed by atoms with Gasteiger partial charge in [0.2, 0.25) is 11.8 Å². The Kier molecular flexibility index (Phi) is 16.1. The molecule has 3 amide bonds. The highest BCUT2D eigenvalue weighted by atomic mass is 16.4. The summed E-state index contributed by atoms with van der Waals surface area (Å²) in [6, 6.07) is 9.85. The highest BCUT2D eigenvalue weighted by Crippen LogP contribution is 2.15. The smallest absolute Gasteiger partial charge is 0.303 e.